The molecule has 0 unspecified atom stereocenters. The Balaban J connectivity index is 1.45. The molecule has 7 nitrogen and oxygen atoms in total. The lowest BCUT2D eigenvalue weighted by molar-refractivity contribution is 0.344. The molecule has 0 saturated carbocycles. The number of fused-ring (bicyclic) bond motifs is 1. The summed E-state index contributed by atoms with van der Waals surface area (Å²) in [6, 6.07) is 11.1. The molecule has 4 aromatic rings. The van der Waals surface area contributed by atoms with Crippen LogP contribution in [0.1, 0.15) is 22.6 Å². The number of hydrogen-bond acceptors (Lipinski definition) is 6. The largest absolute Gasteiger partial charge is 0.493 e. The van der Waals surface area contributed by atoms with Gasteiger partial charge in [0.05, 0.1) is 6.61 Å². The minimum atomic E-state index is -0.0697. The first-order valence-corrected chi connectivity index (χ1v) is 11.2. The van der Waals surface area contributed by atoms with Gasteiger partial charge >= 0.3 is 0 Å². The van der Waals surface area contributed by atoms with Crippen molar-refractivity contribution in [1.29, 1.82) is 0 Å². The van der Waals surface area contributed by atoms with Gasteiger partial charge in [0.25, 0.3) is 5.56 Å². The zero-order valence-electron chi connectivity index (χ0n) is 17.5. The highest BCUT2D eigenvalue weighted by atomic mass is 35.5. The van der Waals surface area contributed by atoms with Crippen LogP contribution in [0.3, 0.4) is 0 Å². The molecule has 9 heteroatoms. The molecule has 0 bridgehead atoms. The Morgan fingerprint density at radius 1 is 1.13 bits per heavy atom. The Hall–Kier alpha value is -2.84. The van der Waals surface area contributed by atoms with Crippen LogP contribution < -0.4 is 10.3 Å². The van der Waals surface area contributed by atoms with Crippen molar-refractivity contribution in [3.05, 3.63) is 80.6 Å². The van der Waals surface area contributed by atoms with Crippen molar-refractivity contribution in [2.45, 2.75) is 25.4 Å². The third-order valence-corrected chi connectivity index (χ3v) is 6.24. The van der Waals surface area contributed by atoms with Gasteiger partial charge in [-0.25, -0.2) is 4.98 Å². The molecule has 0 aliphatic carbocycles. The predicted octanol–water partition coefficient (Wildman–Crippen LogP) is 3.86. The molecule has 160 valence electrons. The van der Waals surface area contributed by atoms with Crippen LogP contribution in [0, 0.1) is 13.8 Å². The van der Waals surface area contributed by atoms with E-state index < -0.39 is 0 Å². The average molecular weight is 456 g/mol. The first-order chi connectivity index (χ1) is 14.9. The highest BCUT2D eigenvalue weighted by molar-refractivity contribution is 7.99. The quantitative estimate of drug-likeness (QED) is 0.311. The number of pyridine rings is 1. The SMILES string of the molecule is Cc1nc2c(C)cccn2c(=O)c1Cc1nnc(SCCOc2ccc(Cl)cc2)n1C. The standard InChI is InChI=1S/C22H22ClN5O2S/c1-14-5-4-10-28-20(14)24-15(2)18(21(28)29)13-19-25-26-22(27(19)3)31-12-11-30-17-8-6-16(23)7-9-17/h4-10H,11-13H2,1-3H3. The summed E-state index contributed by atoms with van der Waals surface area (Å²) in [6.07, 6.45) is 2.12. The van der Waals surface area contributed by atoms with E-state index in [9.17, 15) is 4.79 Å². The van der Waals surface area contributed by atoms with Crippen molar-refractivity contribution >= 4 is 29.0 Å². The molecule has 0 fully saturated rings. The van der Waals surface area contributed by atoms with Crippen LogP contribution in [-0.4, -0.2) is 36.5 Å². The summed E-state index contributed by atoms with van der Waals surface area (Å²) in [4.78, 5) is 17.7. The number of halogens is 1. The topological polar surface area (TPSA) is 74.3 Å². The Labute approximate surface area is 189 Å². The lowest BCUT2D eigenvalue weighted by Gasteiger charge is -2.09. The van der Waals surface area contributed by atoms with E-state index in [-0.39, 0.29) is 5.56 Å². The van der Waals surface area contributed by atoms with Crippen LogP contribution in [0.25, 0.3) is 5.65 Å². The van der Waals surface area contributed by atoms with Crippen molar-refractivity contribution in [2.75, 3.05) is 12.4 Å². The lowest BCUT2D eigenvalue weighted by Crippen LogP contribution is -2.23. The molecule has 31 heavy (non-hydrogen) atoms. The highest BCUT2D eigenvalue weighted by Gasteiger charge is 2.16. The van der Waals surface area contributed by atoms with Gasteiger partial charge in [-0.05, 0) is 49.7 Å². The van der Waals surface area contributed by atoms with Gasteiger partial charge in [0, 0.05) is 41.7 Å². The van der Waals surface area contributed by atoms with E-state index in [0.717, 1.165) is 22.3 Å². The van der Waals surface area contributed by atoms with Gasteiger partial charge in [-0.2, -0.15) is 0 Å². The second kappa shape index (κ2) is 9.11. The second-order valence-corrected chi connectivity index (χ2v) is 8.65. The minimum absolute atomic E-state index is 0.0697. The van der Waals surface area contributed by atoms with E-state index >= 15 is 0 Å². The lowest BCUT2D eigenvalue weighted by atomic mass is 10.1. The Kier molecular flexibility index (Phi) is 6.29. The second-order valence-electron chi connectivity index (χ2n) is 7.15. The van der Waals surface area contributed by atoms with Crippen LogP contribution in [0.4, 0.5) is 0 Å². The Bertz CT molecular complexity index is 1280. The number of benzene rings is 1. The molecule has 0 amide bonds. The summed E-state index contributed by atoms with van der Waals surface area (Å²) in [5.74, 6) is 2.21. The normalized spacial score (nSPS) is 11.2. The molecule has 3 aromatic heterocycles. The summed E-state index contributed by atoms with van der Waals surface area (Å²) < 4.78 is 9.23. The van der Waals surface area contributed by atoms with Crippen LogP contribution in [0.5, 0.6) is 5.75 Å². The first-order valence-electron chi connectivity index (χ1n) is 9.81. The van der Waals surface area contributed by atoms with Crippen LogP contribution in [0.15, 0.2) is 52.5 Å². The van der Waals surface area contributed by atoms with Gasteiger partial charge in [-0.3, -0.25) is 9.20 Å². The van der Waals surface area contributed by atoms with E-state index in [0.29, 0.717) is 40.7 Å². The van der Waals surface area contributed by atoms with Crippen molar-refractivity contribution in [3.63, 3.8) is 0 Å². The molecular formula is C22H22ClN5O2S. The number of hydrogen-bond donors (Lipinski definition) is 0. The molecular weight excluding hydrogens is 434 g/mol. The molecule has 0 spiro atoms. The third-order valence-electron chi connectivity index (χ3n) is 5.01. The smallest absolute Gasteiger partial charge is 0.261 e. The molecule has 4 rings (SSSR count). The van der Waals surface area contributed by atoms with Crippen molar-refractivity contribution in [3.8, 4) is 5.75 Å². The zero-order valence-corrected chi connectivity index (χ0v) is 19.1. The van der Waals surface area contributed by atoms with E-state index in [1.807, 2.05) is 49.7 Å². The summed E-state index contributed by atoms with van der Waals surface area (Å²) in [5.41, 5.74) is 2.92. The number of aryl methyl sites for hydroxylation is 2. The van der Waals surface area contributed by atoms with E-state index in [1.165, 1.54) is 0 Å². The summed E-state index contributed by atoms with van der Waals surface area (Å²) in [5, 5.41) is 10.0. The molecule has 3 heterocycles. The molecule has 0 radical (unpaired) electrons. The van der Waals surface area contributed by atoms with Gasteiger partial charge in [0.1, 0.15) is 17.2 Å². The monoisotopic (exact) mass is 455 g/mol. The Morgan fingerprint density at radius 3 is 2.68 bits per heavy atom. The minimum Gasteiger partial charge on any atom is -0.493 e. The van der Waals surface area contributed by atoms with Crippen molar-refractivity contribution in [1.82, 2.24) is 24.1 Å². The van der Waals surface area contributed by atoms with E-state index in [2.05, 4.69) is 15.2 Å². The highest BCUT2D eigenvalue weighted by Crippen LogP contribution is 2.19. The van der Waals surface area contributed by atoms with Crippen LogP contribution in [0.2, 0.25) is 5.02 Å². The fourth-order valence-corrected chi connectivity index (χ4v) is 4.12. The van der Waals surface area contributed by atoms with Crippen LogP contribution in [-0.2, 0) is 13.5 Å². The fourth-order valence-electron chi connectivity index (χ4n) is 3.25. The number of ether oxygens (including phenoxy) is 1. The fraction of sp³-hybridized carbons (Fsp3) is 0.273. The molecule has 0 saturated heterocycles. The number of rotatable bonds is 7. The molecule has 0 N–H and O–H groups in total. The summed E-state index contributed by atoms with van der Waals surface area (Å²) in [7, 11) is 1.91. The predicted molar refractivity (Wildman–Crippen MR) is 122 cm³/mol. The van der Waals surface area contributed by atoms with E-state index in [4.69, 9.17) is 16.3 Å². The number of aromatic nitrogens is 5. The molecule has 0 aliphatic rings. The maximum atomic E-state index is 13.0. The molecule has 0 atom stereocenters. The zero-order chi connectivity index (χ0) is 22.0. The van der Waals surface area contributed by atoms with Gasteiger partial charge in [0.2, 0.25) is 0 Å². The van der Waals surface area contributed by atoms with Crippen LogP contribution >= 0.6 is 23.4 Å². The van der Waals surface area contributed by atoms with Crippen molar-refractivity contribution < 1.29 is 4.74 Å². The Morgan fingerprint density at radius 2 is 1.90 bits per heavy atom. The van der Waals surface area contributed by atoms with Gasteiger partial charge in [-0.1, -0.05) is 29.4 Å². The van der Waals surface area contributed by atoms with E-state index in [1.54, 1.807) is 34.5 Å². The molecule has 0 aliphatic heterocycles. The van der Waals surface area contributed by atoms with Gasteiger partial charge in [-0.15, -0.1) is 10.2 Å². The average Bonchev–Trinajstić information content (AvgIpc) is 3.10. The van der Waals surface area contributed by atoms with Crippen molar-refractivity contribution in [2.24, 2.45) is 7.05 Å². The number of thioether (sulfide) groups is 1. The van der Waals surface area contributed by atoms with Gasteiger partial charge < -0.3 is 9.30 Å². The molecule has 1 aromatic carbocycles. The first kappa shape index (κ1) is 21.4. The summed E-state index contributed by atoms with van der Waals surface area (Å²) >= 11 is 7.44. The van der Waals surface area contributed by atoms with Gasteiger partial charge in [0.15, 0.2) is 5.16 Å². The maximum Gasteiger partial charge on any atom is 0.261 e. The number of nitrogens with zero attached hydrogens (tertiary/aromatic N) is 5. The summed E-state index contributed by atoms with van der Waals surface area (Å²) in [6.45, 7) is 4.34. The third kappa shape index (κ3) is 4.60. The maximum absolute atomic E-state index is 13.0.